The van der Waals surface area contributed by atoms with Crippen LogP contribution in [0.25, 0.3) is 0 Å². The summed E-state index contributed by atoms with van der Waals surface area (Å²) in [5.74, 6) is 0.659. The number of nitrogens with two attached hydrogens (primary N) is 1. The van der Waals surface area contributed by atoms with Gasteiger partial charge in [0.1, 0.15) is 0 Å². The number of benzene rings is 1. The predicted octanol–water partition coefficient (Wildman–Crippen LogP) is 3.62. The molecule has 0 aromatic heterocycles. The third-order valence-corrected chi connectivity index (χ3v) is 3.64. The van der Waals surface area contributed by atoms with Crippen LogP contribution in [0.1, 0.15) is 51.8 Å². The summed E-state index contributed by atoms with van der Waals surface area (Å²) in [5, 5.41) is 0. The second-order valence-electron chi connectivity index (χ2n) is 6.03. The Hall–Kier alpha value is -0.860. The van der Waals surface area contributed by atoms with Crippen LogP contribution in [0.5, 0.6) is 0 Å². The van der Waals surface area contributed by atoms with Crippen LogP contribution in [-0.4, -0.2) is 24.0 Å². The van der Waals surface area contributed by atoms with E-state index in [2.05, 4.69) is 63.8 Å². The van der Waals surface area contributed by atoms with Gasteiger partial charge in [0, 0.05) is 25.2 Å². The van der Waals surface area contributed by atoms with Crippen molar-refractivity contribution < 1.29 is 0 Å². The lowest BCUT2D eigenvalue weighted by atomic mass is 10.00. The van der Waals surface area contributed by atoms with E-state index in [4.69, 9.17) is 5.73 Å². The van der Waals surface area contributed by atoms with Crippen molar-refractivity contribution in [2.24, 2.45) is 11.7 Å². The molecule has 0 aliphatic rings. The molecule has 1 rings (SSSR count). The smallest absolute Gasteiger partial charge is 0.0473 e. The minimum Gasteiger partial charge on any atom is -0.329 e. The lowest BCUT2D eigenvalue weighted by Crippen LogP contribution is -2.40. The summed E-state index contributed by atoms with van der Waals surface area (Å²) < 4.78 is 0. The maximum atomic E-state index is 6.05. The molecule has 108 valence electrons. The standard InChI is InChI=1S/C17H30N2/c1-6-15-7-9-16(10-8-15)17(11-18)19(14(4)5)12-13(2)3/h7-10,13-14,17H,6,11-12,18H2,1-5H3. The fraction of sp³-hybridized carbons (Fsp3) is 0.647. The van der Waals surface area contributed by atoms with Gasteiger partial charge in [-0.05, 0) is 37.3 Å². The van der Waals surface area contributed by atoms with Crippen LogP contribution in [0, 0.1) is 5.92 Å². The average Bonchev–Trinajstić information content (AvgIpc) is 2.38. The molecule has 2 heteroatoms. The van der Waals surface area contributed by atoms with E-state index in [9.17, 15) is 0 Å². The number of nitrogens with zero attached hydrogens (tertiary/aromatic N) is 1. The first-order chi connectivity index (χ1) is 8.99. The largest absolute Gasteiger partial charge is 0.329 e. The molecule has 0 radical (unpaired) electrons. The van der Waals surface area contributed by atoms with Crippen molar-refractivity contribution in [3.8, 4) is 0 Å². The fourth-order valence-electron chi connectivity index (χ4n) is 2.56. The Kier molecular flexibility index (Phi) is 6.53. The zero-order valence-corrected chi connectivity index (χ0v) is 13.2. The Bertz CT molecular complexity index is 354. The van der Waals surface area contributed by atoms with Crippen molar-refractivity contribution in [2.45, 2.75) is 53.1 Å². The molecule has 0 aliphatic carbocycles. The Labute approximate surface area is 119 Å². The van der Waals surface area contributed by atoms with Crippen LogP contribution in [0.4, 0.5) is 0 Å². The summed E-state index contributed by atoms with van der Waals surface area (Å²) in [6, 6.07) is 9.78. The van der Waals surface area contributed by atoms with Crippen molar-refractivity contribution >= 4 is 0 Å². The van der Waals surface area contributed by atoms with E-state index < -0.39 is 0 Å². The summed E-state index contributed by atoms with van der Waals surface area (Å²) in [6.45, 7) is 13.0. The first-order valence-corrected chi connectivity index (χ1v) is 7.54. The molecule has 19 heavy (non-hydrogen) atoms. The number of hydrogen-bond acceptors (Lipinski definition) is 2. The molecule has 0 aliphatic heterocycles. The van der Waals surface area contributed by atoms with Crippen molar-refractivity contribution in [3.05, 3.63) is 35.4 Å². The van der Waals surface area contributed by atoms with Crippen molar-refractivity contribution in [3.63, 3.8) is 0 Å². The van der Waals surface area contributed by atoms with Crippen LogP contribution in [-0.2, 0) is 6.42 Å². The van der Waals surface area contributed by atoms with E-state index in [0.29, 0.717) is 24.5 Å². The lowest BCUT2D eigenvalue weighted by molar-refractivity contribution is 0.138. The molecule has 0 amide bonds. The van der Waals surface area contributed by atoms with Crippen molar-refractivity contribution in [1.82, 2.24) is 4.90 Å². The molecule has 0 fully saturated rings. The van der Waals surface area contributed by atoms with E-state index in [0.717, 1.165) is 13.0 Å². The Morgan fingerprint density at radius 3 is 2.00 bits per heavy atom. The summed E-state index contributed by atoms with van der Waals surface area (Å²) in [5.41, 5.74) is 8.78. The highest BCUT2D eigenvalue weighted by atomic mass is 15.2. The number of hydrogen-bond donors (Lipinski definition) is 1. The van der Waals surface area contributed by atoms with Crippen LogP contribution >= 0.6 is 0 Å². The Morgan fingerprint density at radius 1 is 1.05 bits per heavy atom. The Balaban J connectivity index is 2.94. The quantitative estimate of drug-likeness (QED) is 0.813. The minimum atomic E-state index is 0.327. The highest BCUT2D eigenvalue weighted by Crippen LogP contribution is 2.23. The highest BCUT2D eigenvalue weighted by molar-refractivity contribution is 5.25. The summed E-state index contributed by atoms with van der Waals surface area (Å²) >= 11 is 0. The molecule has 0 saturated heterocycles. The fourth-order valence-corrected chi connectivity index (χ4v) is 2.56. The van der Waals surface area contributed by atoms with Crippen molar-refractivity contribution in [1.29, 1.82) is 0 Å². The summed E-state index contributed by atoms with van der Waals surface area (Å²) in [6.07, 6.45) is 1.09. The predicted molar refractivity (Wildman–Crippen MR) is 84.3 cm³/mol. The van der Waals surface area contributed by atoms with E-state index in [-0.39, 0.29) is 0 Å². The summed E-state index contributed by atoms with van der Waals surface area (Å²) in [4.78, 5) is 2.52. The van der Waals surface area contributed by atoms with Gasteiger partial charge in [-0.3, -0.25) is 4.90 Å². The van der Waals surface area contributed by atoms with Crippen molar-refractivity contribution in [2.75, 3.05) is 13.1 Å². The summed E-state index contributed by atoms with van der Waals surface area (Å²) in [7, 11) is 0. The van der Waals surface area contributed by atoms with E-state index >= 15 is 0 Å². The first-order valence-electron chi connectivity index (χ1n) is 7.54. The monoisotopic (exact) mass is 262 g/mol. The maximum absolute atomic E-state index is 6.05. The molecule has 2 nitrogen and oxygen atoms in total. The van der Waals surface area contributed by atoms with E-state index in [1.807, 2.05) is 0 Å². The third kappa shape index (κ3) is 4.63. The second kappa shape index (κ2) is 7.66. The van der Waals surface area contributed by atoms with Gasteiger partial charge in [0.25, 0.3) is 0 Å². The molecule has 0 saturated carbocycles. The molecule has 1 atom stereocenters. The van der Waals surface area contributed by atoms with Gasteiger partial charge in [-0.2, -0.15) is 0 Å². The third-order valence-electron chi connectivity index (χ3n) is 3.64. The molecular weight excluding hydrogens is 232 g/mol. The molecule has 1 unspecified atom stereocenters. The average molecular weight is 262 g/mol. The highest BCUT2D eigenvalue weighted by Gasteiger charge is 2.22. The van der Waals surface area contributed by atoms with Gasteiger partial charge in [-0.25, -0.2) is 0 Å². The number of aryl methyl sites for hydroxylation is 1. The zero-order valence-electron chi connectivity index (χ0n) is 13.2. The maximum Gasteiger partial charge on any atom is 0.0473 e. The zero-order chi connectivity index (χ0) is 14.4. The number of rotatable bonds is 7. The Morgan fingerprint density at radius 2 is 1.63 bits per heavy atom. The molecule has 1 aromatic rings. The van der Waals surface area contributed by atoms with Crippen LogP contribution in [0.15, 0.2) is 24.3 Å². The lowest BCUT2D eigenvalue weighted by Gasteiger charge is -2.36. The van der Waals surface area contributed by atoms with Gasteiger partial charge >= 0.3 is 0 Å². The normalized spacial score (nSPS) is 13.5. The topological polar surface area (TPSA) is 29.3 Å². The van der Waals surface area contributed by atoms with E-state index in [1.165, 1.54) is 11.1 Å². The molecule has 0 bridgehead atoms. The molecular formula is C17H30N2. The minimum absolute atomic E-state index is 0.327. The van der Waals surface area contributed by atoms with Gasteiger partial charge in [-0.1, -0.05) is 45.0 Å². The van der Waals surface area contributed by atoms with E-state index in [1.54, 1.807) is 0 Å². The first kappa shape index (κ1) is 16.2. The van der Waals surface area contributed by atoms with Gasteiger partial charge in [-0.15, -0.1) is 0 Å². The molecule has 1 aromatic carbocycles. The van der Waals surface area contributed by atoms with Gasteiger partial charge in [0.2, 0.25) is 0 Å². The second-order valence-corrected chi connectivity index (χ2v) is 6.03. The molecule has 0 heterocycles. The van der Waals surface area contributed by atoms with Gasteiger partial charge in [0.05, 0.1) is 0 Å². The van der Waals surface area contributed by atoms with Crippen LogP contribution in [0.3, 0.4) is 0 Å². The molecule has 2 N–H and O–H groups in total. The van der Waals surface area contributed by atoms with Gasteiger partial charge < -0.3 is 5.73 Å². The van der Waals surface area contributed by atoms with Crippen LogP contribution < -0.4 is 5.73 Å². The SMILES string of the molecule is CCc1ccc(C(CN)N(CC(C)C)C(C)C)cc1. The molecule has 0 spiro atoms. The van der Waals surface area contributed by atoms with Crippen LogP contribution in [0.2, 0.25) is 0 Å². The van der Waals surface area contributed by atoms with Gasteiger partial charge in [0.15, 0.2) is 0 Å².